The van der Waals surface area contributed by atoms with Crippen molar-refractivity contribution in [3.8, 4) is 5.75 Å². The van der Waals surface area contributed by atoms with Crippen LogP contribution in [0.25, 0.3) is 0 Å². The Kier molecular flexibility index (Phi) is 7.75. The van der Waals surface area contributed by atoms with Crippen LogP contribution in [0, 0.1) is 6.92 Å². The molecule has 4 rings (SSSR count). The lowest BCUT2D eigenvalue weighted by Crippen LogP contribution is -2.43. The zero-order chi connectivity index (χ0) is 24.7. The summed E-state index contributed by atoms with van der Waals surface area (Å²) in [4.78, 5) is 13.2. The number of carbonyl (C=O) groups is 1. The Morgan fingerprint density at radius 1 is 0.943 bits per heavy atom. The van der Waals surface area contributed by atoms with E-state index in [9.17, 15) is 9.90 Å². The summed E-state index contributed by atoms with van der Waals surface area (Å²) < 4.78 is 6.87. The quantitative estimate of drug-likeness (QED) is 0.227. The smallest absolute Gasteiger partial charge is 0.281 e. The number of benzene rings is 4. The van der Waals surface area contributed by atoms with Crippen LogP contribution < -0.4 is 10.2 Å². The number of rotatable bonds is 8. The predicted molar refractivity (Wildman–Crippen MR) is 141 cm³/mol. The maximum absolute atomic E-state index is 13.2. The Hall–Kier alpha value is -3.74. The number of nitrogens with one attached hydrogen (secondary N) is 1. The van der Waals surface area contributed by atoms with Gasteiger partial charge in [-0.05, 0) is 41.8 Å². The molecule has 176 valence electrons. The van der Waals surface area contributed by atoms with Gasteiger partial charge in [0.05, 0.1) is 6.21 Å². The van der Waals surface area contributed by atoms with Crippen molar-refractivity contribution < 1.29 is 14.6 Å². The van der Waals surface area contributed by atoms with Crippen molar-refractivity contribution in [3.63, 3.8) is 0 Å². The summed E-state index contributed by atoms with van der Waals surface area (Å²) in [5.41, 5.74) is 4.39. The molecule has 4 aromatic carbocycles. The zero-order valence-corrected chi connectivity index (χ0v) is 20.8. The average Bonchev–Trinajstić information content (AvgIpc) is 2.88. The molecule has 0 unspecified atom stereocenters. The summed E-state index contributed by atoms with van der Waals surface area (Å²) in [5.74, 6) is -0.0440. The molecule has 0 aliphatic rings. The van der Waals surface area contributed by atoms with Gasteiger partial charge < -0.3 is 9.84 Å². The van der Waals surface area contributed by atoms with Gasteiger partial charge in [-0.15, -0.1) is 0 Å². The highest BCUT2D eigenvalue weighted by Crippen LogP contribution is 2.30. The SMILES string of the molecule is Cc1cccc(COc2ccc(Br)cc2/C=N\NC(=O)C(O)(c2ccccc2)c2ccccc2)c1. The first kappa shape index (κ1) is 24.4. The number of aliphatic hydroxyl groups is 1. The Morgan fingerprint density at radius 2 is 1.60 bits per heavy atom. The third-order valence-electron chi connectivity index (χ3n) is 5.53. The molecule has 1 amide bonds. The number of hydrogen-bond acceptors (Lipinski definition) is 4. The van der Waals surface area contributed by atoms with Crippen molar-refractivity contribution in [2.75, 3.05) is 0 Å². The highest BCUT2D eigenvalue weighted by Gasteiger charge is 2.39. The molecule has 0 radical (unpaired) electrons. The van der Waals surface area contributed by atoms with Crippen LogP contribution in [-0.4, -0.2) is 17.2 Å². The topological polar surface area (TPSA) is 70.9 Å². The zero-order valence-electron chi connectivity index (χ0n) is 19.2. The van der Waals surface area contributed by atoms with E-state index in [1.165, 1.54) is 6.21 Å². The van der Waals surface area contributed by atoms with Crippen LogP contribution in [0.1, 0.15) is 27.8 Å². The number of hydrazone groups is 1. The first-order valence-electron chi connectivity index (χ1n) is 11.1. The second-order valence-corrected chi connectivity index (χ2v) is 9.02. The van der Waals surface area contributed by atoms with Crippen molar-refractivity contribution in [2.24, 2.45) is 5.10 Å². The fourth-order valence-electron chi connectivity index (χ4n) is 3.74. The molecule has 0 aliphatic heterocycles. The van der Waals surface area contributed by atoms with Gasteiger partial charge in [0.1, 0.15) is 12.4 Å². The van der Waals surface area contributed by atoms with Crippen LogP contribution in [0.3, 0.4) is 0 Å². The van der Waals surface area contributed by atoms with Gasteiger partial charge in [0, 0.05) is 10.0 Å². The summed E-state index contributed by atoms with van der Waals surface area (Å²) in [7, 11) is 0. The summed E-state index contributed by atoms with van der Waals surface area (Å²) in [5, 5.41) is 15.7. The number of nitrogens with zero attached hydrogens (tertiary/aromatic N) is 1. The number of aryl methyl sites for hydroxylation is 1. The van der Waals surface area contributed by atoms with Gasteiger partial charge in [0.2, 0.25) is 0 Å². The standard InChI is InChI=1S/C29H25BrN2O3/c1-21-9-8-10-22(17-21)20-35-27-16-15-26(30)18-23(27)19-31-32-28(33)29(34,24-11-4-2-5-12-24)25-13-6-3-7-14-25/h2-19,34H,20H2,1H3,(H,32,33)/b31-19-. The Labute approximate surface area is 213 Å². The van der Waals surface area contributed by atoms with Crippen molar-refractivity contribution in [3.05, 3.63) is 135 Å². The number of ether oxygens (including phenoxy) is 1. The highest BCUT2D eigenvalue weighted by molar-refractivity contribution is 9.10. The molecular weight excluding hydrogens is 504 g/mol. The molecular formula is C29H25BrN2O3. The average molecular weight is 529 g/mol. The van der Waals surface area contributed by atoms with E-state index < -0.39 is 11.5 Å². The Balaban J connectivity index is 1.55. The minimum absolute atomic E-state index is 0.401. The maximum atomic E-state index is 13.2. The molecule has 5 nitrogen and oxygen atoms in total. The Morgan fingerprint density at radius 3 is 2.23 bits per heavy atom. The molecule has 0 aliphatic carbocycles. The second kappa shape index (κ2) is 11.1. The van der Waals surface area contributed by atoms with Crippen molar-refractivity contribution >= 4 is 28.1 Å². The molecule has 2 N–H and O–H groups in total. The number of hydrogen-bond donors (Lipinski definition) is 2. The van der Waals surface area contributed by atoms with E-state index in [4.69, 9.17) is 4.74 Å². The lowest BCUT2D eigenvalue weighted by Gasteiger charge is -2.27. The van der Waals surface area contributed by atoms with E-state index in [0.29, 0.717) is 29.0 Å². The molecule has 0 heterocycles. The molecule has 0 bridgehead atoms. The second-order valence-electron chi connectivity index (χ2n) is 8.10. The summed E-state index contributed by atoms with van der Waals surface area (Å²) in [6, 6.07) is 31.3. The molecule has 0 saturated heterocycles. The molecule has 0 spiro atoms. The van der Waals surface area contributed by atoms with Crippen LogP contribution in [0.5, 0.6) is 5.75 Å². The number of halogens is 1. The van der Waals surface area contributed by atoms with Crippen LogP contribution in [0.4, 0.5) is 0 Å². The van der Waals surface area contributed by atoms with Gasteiger partial charge in [-0.25, -0.2) is 5.43 Å². The van der Waals surface area contributed by atoms with E-state index >= 15 is 0 Å². The third kappa shape index (κ3) is 5.85. The van der Waals surface area contributed by atoms with Crippen LogP contribution in [0.15, 0.2) is 113 Å². The van der Waals surface area contributed by atoms with Gasteiger partial charge in [-0.2, -0.15) is 5.10 Å². The van der Waals surface area contributed by atoms with Gasteiger partial charge in [-0.3, -0.25) is 4.79 Å². The normalized spacial score (nSPS) is 11.4. The predicted octanol–water partition coefficient (Wildman–Crippen LogP) is 5.72. The summed E-state index contributed by atoms with van der Waals surface area (Å²) >= 11 is 3.47. The van der Waals surface area contributed by atoms with E-state index in [0.717, 1.165) is 15.6 Å². The van der Waals surface area contributed by atoms with Gasteiger partial charge in [0.25, 0.3) is 5.91 Å². The molecule has 0 saturated carbocycles. The van der Waals surface area contributed by atoms with E-state index in [1.807, 2.05) is 55.5 Å². The molecule has 0 fully saturated rings. The largest absolute Gasteiger partial charge is 0.488 e. The number of carbonyl (C=O) groups excluding carboxylic acids is 1. The minimum atomic E-state index is -1.90. The van der Waals surface area contributed by atoms with Gasteiger partial charge >= 0.3 is 0 Å². The fraction of sp³-hybridized carbons (Fsp3) is 0.103. The molecule has 0 atom stereocenters. The summed E-state index contributed by atoms with van der Waals surface area (Å²) in [6.07, 6.45) is 1.50. The van der Waals surface area contributed by atoms with E-state index in [2.05, 4.69) is 32.5 Å². The highest BCUT2D eigenvalue weighted by atomic mass is 79.9. The molecule has 35 heavy (non-hydrogen) atoms. The first-order chi connectivity index (χ1) is 17.0. The lowest BCUT2D eigenvalue weighted by atomic mass is 9.85. The van der Waals surface area contributed by atoms with E-state index in [-0.39, 0.29) is 0 Å². The molecule has 4 aromatic rings. The fourth-order valence-corrected chi connectivity index (χ4v) is 4.12. The number of amides is 1. The monoisotopic (exact) mass is 528 g/mol. The van der Waals surface area contributed by atoms with Gasteiger partial charge in [0.15, 0.2) is 5.60 Å². The maximum Gasteiger partial charge on any atom is 0.281 e. The van der Waals surface area contributed by atoms with Gasteiger partial charge in [-0.1, -0.05) is 106 Å². The first-order valence-corrected chi connectivity index (χ1v) is 11.9. The van der Waals surface area contributed by atoms with Crippen LogP contribution in [0.2, 0.25) is 0 Å². The van der Waals surface area contributed by atoms with Crippen LogP contribution in [-0.2, 0) is 17.0 Å². The van der Waals surface area contributed by atoms with Crippen molar-refractivity contribution in [2.45, 2.75) is 19.1 Å². The van der Waals surface area contributed by atoms with Crippen LogP contribution >= 0.6 is 15.9 Å². The van der Waals surface area contributed by atoms with E-state index in [1.54, 1.807) is 48.5 Å². The summed E-state index contributed by atoms with van der Waals surface area (Å²) in [6.45, 7) is 2.44. The lowest BCUT2D eigenvalue weighted by molar-refractivity contribution is -0.136. The molecule has 0 aromatic heterocycles. The minimum Gasteiger partial charge on any atom is -0.488 e. The molecule has 6 heteroatoms. The third-order valence-corrected chi connectivity index (χ3v) is 6.02. The van der Waals surface area contributed by atoms with Crippen molar-refractivity contribution in [1.29, 1.82) is 0 Å². The Bertz CT molecular complexity index is 1280. The van der Waals surface area contributed by atoms with Crippen molar-refractivity contribution in [1.82, 2.24) is 5.43 Å².